The van der Waals surface area contributed by atoms with E-state index in [0.717, 1.165) is 12.8 Å². The molecule has 2 aromatic carbocycles. The second-order valence-electron chi connectivity index (χ2n) is 10.6. The summed E-state index contributed by atoms with van der Waals surface area (Å²) < 4.78 is 12.0. The monoisotopic (exact) mass is 517 g/mol. The van der Waals surface area contributed by atoms with Crippen LogP contribution in [0.4, 0.5) is 5.82 Å². The fourth-order valence-corrected chi connectivity index (χ4v) is 9.68. The molecule has 0 spiro atoms. The SMILES string of the molecule is CC(=O)OCC(=O)Cc1cncnc1NC1CC(O[Si](c2ccccc2)(c2ccccc2)C(C)(C)C)C1. The van der Waals surface area contributed by atoms with Crippen molar-refractivity contribution in [2.24, 2.45) is 0 Å². The molecule has 8 heteroatoms. The smallest absolute Gasteiger partial charge is 0.303 e. The molecule has 1 fully saturated rings. The van der Waals surface area contributed by atoms with Crippen molar-refractivity contribution in [3.05, 3.63) is 78.8 Å². The van der Waals surface area contributed by atoms with Gasteiger partial charge < -0.3 is 14.5 Å². The third kappa shape index (κ3) is 6.14. The van der Waals surface area contributed by atoms with Crippen molar-refractivity contribution in [1.82, 2.24) is 9.97 Å². The summed E-state index contributed by atoms with van der Waals surface area (Å²) in [5.41, 5.74) is 0.691. The van der Waals surface area contributed by atoms with Crippen molar-refractivity contribution in [2.75, 3.05) is 11.9 Å². The normalized spacial score (nSPS) is 17.5. The quantitative estimate of drug-likeness (QED) is 0.324. The first-order valence-electron chi connectivity index (χ1n) is 12.7. The number of benzene rings is 2. The van der Waals surface area contributed by atoms with Gasteiger partial charge >= 0.3 is 5.97 Å². The van der Waals surface area contributed by atoms with E-state index in [9.17, 15) is 9.59 Å². The summed E-state index contributed by atoms with van der Waals surface area (Å²) in [5, 5.41) is 5.95. The van der Waals surface area contributed by atoms with E-state index in [-0.39, 0.29) is 36.0 Å². The maximum Gasteiger partial charge on any atom is 0.303 e. The van der Waals surface area contributed by atoms with Crippen LogP contribution < -0.4 is 15.7 Å². The summed E-state index contributed by atoms with van der Waals surface area (Å²) in [4.78, 5) is 31.7. The number of hydrogen-bond donors (Lipinski definition) is 1. The Hall–Kier alpha value is -3.36. The topological polar surface area (TPSA) is 90.4 Å². The molecule has 1 aromatic heterocycles. The molecule has 0 unspecified atom stereocenters. The molecule has 0 amide bonds. The molecule has 0 bridgehead atoms. The van der Waals surface area contributed by atoms with E-state index in [1.165, 1.54) is 23.6 Å². The van der Waals surface area contributed by atoms with E-state index in [2.05, 4.69) is 96.7 Å². The maximum absolute atomic E-state index is 12.2. The Morgan fingerprint density at radius 1 is 1.00 bits per heavy atom. The lowest BCUT2D eigenvalue weighted by Gasteiger charge is -2.48. The Balaban J connectivity index is 1.48. The molecule has 0 saturated heterocycles. The van der Waals surface area contributed by atoms with Crippen LogP contribution in [0.15, 0.2) is 73.2 Å². The number of carbonyl (C=O) groups excluding carboxylic acids is 2. The minimum absolute atomic E-state index is 0.0731. The number of esters is 1. The molecule has 1 aliphatic rings. The van der Waals surface area contributed by atoms with E-state index in [1.807, 2.05) is 0 Å². The molecule has 4 rings (SSSR count). The molecule has 3 aromatic rings. The second-order valence-corrected chi connectivity index (χ2v) is 14.9. The standard InChI is InChI=1S/C29H35N3O4Si/c1-21(33)35-19-24(34)15-22-18-30-20-31-28(22)32-23-16-25(17-23)36-37(29(2,3)4,26-11-7-5-8-12-26)27-13-9-6-10-14-27/h5-14,18,20,23,25H,15-17,19H2,1-4H3,(H,30,31,32). The van der Waals surface area contributed by atoms with Crippen molar-refractivity contribution in [1.29, 1.82) is 0 Å². The number of rotatable bonds is 10. The Labute approximate surface area is 219 Å². The fraction of sp³-hybridized carbons (Fsp3) is 0.379. The van der Waals surface area contributed by atoms with Crippen molar-refractivity contribution in [3.8, 4) is 0 Å². The van der Waals surface area contributed by atoms with Crippen LogP contribution >= 0.6 is 0 Å². The van der Waals surface area contributed by atoms with E-state index in [4.69, 9.17) is 9.16 Å². The fourth-order valence-electron chi connectivity index (χ4n) is 4.98. The molecular formula is C29H35N3O4Si. The maximum atomic E-state index is 12.2. The summed E-state index contributed by atoms with van der Waals surface area (Å²) in [6.45, 7) is 7.89. The minimum atomic E-state index is -2.59. The number of nitrogens with one attached hydrogen (secondary N) is 1. The van der Waals surface area contributed by atoms with Crippen molar-refractivity contribution >= 4 is 36.3 Å². The second kappa shape index (κ2) is 11.4. The molecule has 1 saturated carbocycles. The highest BCUT2D eigenvalue weighted by molar-refractivity contribution is 6.99. The lowest BCUT2D eigenvalue weighted by molar-refractivity contribution is -0.145. The summed E-state index contributed by atoms with van der Waals surface area (Å²) in [5.74, 6) is -0.0352. The van der Waals surface area contributed by atoms with Gasteiger partial charge in [-0.25, -0.2) is 9.97 Å². The van der Waals surface area contributed by atoms with Gasteiger partial charge in [0.15, 0.2) is 5.78 Å². The number of ketones is 1. The summed E-state index contributed by atoms with van der Waals surface area (Å²) in [7, 11) is -2.59. The third-order valence-corrected chi connectivity index (χ3v) is 11.9. The summed E-state index contributed by atoms with van der Waals surface area (Å²) in [6.07, 6.45) is 5.00. The predicted octanol–water partition coefficient (Wildman–Crippen LogP) is 3.67. The predicted molar refractivity (Wildman–Crippen MR) is 147 cm³/mol. The summed E-state index contributed by atoms with van der Waals surface area (Å²) >= 11 is 0. The van der Waals surface area contributed by atoms with Gasteiger partial charge in [0.2, 0.25) is 0 Å². The van der Waals surface area contributed by atoms with Gasteiger partial charge in [0, 0.05) is 37.3 Å². The van der Waals surface area contributed by atoms with Gasteiger partial charge in [0.1, 0.15) is 18.8 Å². The van der Waals surface area contributed by atoms with Crippen LogP contribution in [-0.2, 0) is 25.2 Å². The molecule has 1 heterocycles. The molecule has 1 N–H and O–H groups in total. The lowest BCUT2D eigenvalue weighted by atomic mass is 9.89. The van der Waals surface area contributed by atoms with Gasteiger partial charge in [-0.3, -0.25) is 9.59 Å². The highest BCUT2D eigenvalue weighted by Crippen LogP contribution is 2.40. The molecular weight excluding hydrogens is 482 g/mol. The number of nitrogens with zero attached hydrogens (tertiary/aromatic N) is 2. The third-order valence-electron chi connectivity index (χ3n) is 6.81. The van der Waals surface area contributed by atoms with Crippen molar-refractivity contribution in [2.45, 2.75) is 64.1 Å². The molecule has 1 aliphatic carbocycles. The first kappa shape index (κ1) is 26.7. The number of Topliss-reactive ketones (excluding diaryl/α,β-unsaturated/α-hetero) is 1. The molecule has 37 heavy (non-hydrogen) atoms. The summed E-state index contributed by atoms with van der Waals surface area (Å²) in [6, 6.07) is 21.5. The molecule has 0 aliphatic heterocycles. The van der Waals surface area contributed by atoms with E-state index in [0.29, 0.717) is 11.4 Å². The number of carbonyl (C=O) groups is 2. The van der Waals surface area contributed by atoms with E-state index in [1.54, 1.807) is 6.20 Å². The number of aromatic nitrogens is 2. The van der Waals surface area contributed by atoms with Gasteiger partial charge in [-0.2, -0.15) is 0 Å². The highest BCUT2D eigenvalue weighted by atomic mass is 28.4. The van der Waals surface area contributed by atoms with Crippen molar-refractivity contribution in [3.63, 3.8) is 0 Å². The zero-order valence-corrected chi connectivity index (χ0v) is 22.9. The van der Waals surface area contributed by atoms with Gasteiger partial charge in [0.05, 0.1) is 0 Å². The van der Waals surface area contributed by atoms with E-state index >= 15 is 0 Å². The van der Waals surface area contributed by atoms with Crippen LogP contribution in [0.3, 0.4) is 0 Å². The first-order chi connectivity index (χ1) is 17.7. The molecule has 0 atom stereocenters. The van der Waals surface area contributed by atoms with Crippen LogP contribution in [-0.4, -0.2) is 48.8 Å². The Bertz CT molecular complexity index is 1170. The number of ether oxygens (including phenoxy) is 1. The van der Waals surface area contributed by atoms with E-state index < -0.39 is 14.3 Å². The average molecular weight is 518 g/mol. The van der Waals surface area contributed by atoms with Crippen LogP contribution in [0, 0.1) is 0 Å². The lowest BCUT2D eigenvalue weighted by Crippen LogP contribution is -2.69. The minimum Gasteiger partial charge on any atom is -0.458 e. The van der Waals surface area contributed by atoms with Gasteiger partial charge in [-0.15, -0.1) is 0 Å². The van der Waals surface area contributed by atoms with Crippen LogP contribution in [0.2, 0.25) is 5.04 Å². The van der Waals surface area contributed by atoms with Crippen LogP contribution in [0.25, 0.3) is 0 Å². The molecule has 7 nitrogen and oxygen atoms in total. The first-order valence-corrected chi connectivity index (χ1v) is 14.6. The highest BCUT2D eigenvalue weighted by Gasteiger charge is 2.52. The Morgan fingerprint density at radius 3 is 2.14 bits per heavy atom. The molecule has 194 valence electrons. The zero-order valence-electron chi connectivity index (χ0n) is 21.9. The number of anilines is 1. The Kier molecular flexibility index (Phi) is 8.19. The van der Waals surface area contributed by atoms with Gasteiger partial charge in [0.25, 0.3) is 8.32 Å². The zero-order chi connectivity index (χ0) is 26.5. The van der Waals surface area contributed by atoms with Crippen LogP contribution in [0.1, 0.15) is 46.1 Å². The van der Waals surface area contributed by atoms with Gasteiger partial charge in [-0.05, 0) is 28.3 Å². The average Bonchev–Trinajstić information content (AvgIpc) is 2.85. The van der Waals surface area contributed by atoms with Crippen molar-refractivity contribution < 1.29 is 18.8 Å². The largest absolute Gasteiger partial charge is 0.458 e. The van der Waals surface area contributed by atoms with Gasteiger partial charge in [-0.1, -0.05) is 81.4 Å². The number of hydrogen-bond acceptors (Lipinski definition) is 7. The van der Waals surface area contributed by atoms with Crippen LogP contribution in [0.5, 0.6) is 0 Å². The Morgan fingerprint density at radius 2 is 1.59 bits per heavy atom. The molecule has 0 radical (unpaired) electrons.